The van der Waals surface area contributed by atoms with Gasteiger partial charge in [0.05, 0.1) is 12.8 Å². The third-order valence-corrected chi connectivity index (χ3v) is 1.73. The van der Waals surface area contributed by atoms with Crippen molar-refractivity contribution in [1.82, 2.24) is 14.6 Å². The molecule has 2 heterocycles. The molecule has 2 aromatic heterocycles. The predicted molar refractivity (Wildman–Crippen MR) is 43.6 cm³/mol. The molecule has 0 aliphatic heterocycles. The van der Waals surface area contributed by atoms with Crippen molar-refractivity contribution in [2.45, 2.75) is 13.5 Å². The summed E-state index contributed by atoms with van der Waals surface area (Å²) in [6, 6.07) is 0. The molecule has 0 unspecified atom stereocenters. The van der Waals surface area contributed by atoms with Gasteiger partial charge < -0.3 is 5.11 Å². The molecule has 0 aliphatic carbocycles. The maximum absolute atomic E-state index is 8.90. The summed E-state index contributed by atoms with van der Waals surface area (Å²) in [6.45, 7) is 1.94. The summed E-state index contributed by atoms with van der Waals surface area (Å²) in [4.78, 5) is 4.15. The average molecular weight is 163 g/mol. The molecule has 2 rings (SSSR count). The minimum Gasteiger partial charge on any atom is -0.391 e. The number of nitrogens with zero attached hydrogens (tertiary/aromatic N) is 3. The predicted octanol–water partition coefficient (Wildman–Crippen LogP) is 0.530. The van der Waals surface area contributed by atoms with E-state index in [4.69, 9.17) is 5.11 Å². The minimum atomic E-state index is -0.0143. The summed E-state index contributed by atoms with van der Waals surface area (Å²) in [7, 11) is 0. The largest absolute Gasteiger partial charge is 0.391 e. The first-order chi connectivity index (χ1) is 5.81. The van der Waals surface area contributed by atoms with Crippen LogP contribution in [0.5, 0.6) is 0 Å². The van der Waals surface area contributed by atoms with Crippen molar-refractivity contribution in [2.75, 3.05) is 0 Å². The summed E-state index contributed by atoms with van der Waals surface area (Å²) < 4.78 is 1.67. The standard InChI is InChI=1S/C8H9N3O/c1-6-2-9-8-7(5-12)3-10-11(8)4-6/h2-4,12H,5H2,1H3. The van der Waals surface area contributed by atoms with E-state index in [-0.39, 0.29) is 6.61 Å². The average Bonchev–Trinajstić information content (AvgIpc) is 2.46. The summed E-state index contributed by atoms with van der Waals surface area (Å²) in [5.41, 5.74) is 2.54. The van der Waals surface area contributed by atoms with E-state index in [1.165, 1.54) is 0 Å². The van der Waals surface area contributed by atoms with Crippen molar-refractivity contribution in [3.63, 3.8) is 0 Å². The van der Waals surface area contributed by atoms with Crippen molar-refractivity contribution >= 4 is 5.65 Å². The molecule has 4 heteroatoms. The first kappa shape index (κ1) is 7.24. The highest BCUT2D eigenvalue weighted by molar-refractivity contribution is 5.45. The number of hydrogen-bond donors (Lipinski definition) is 1. The van der Waals surface area contributed by atoms with Gasteiger partial charge in [0, 0.05) is 18.0 Å². The molecule has 12 heavy (non-hydrogen) atoms. The van der Waals surface area contributed by atoms with Crippen molar-refractivity contribution in [3.05, 3.63) is 29.7 Å². The van der Waals surface area contributed by atoms with Crippen LogP contribution in [0.4, 0.5) is 0 Å². The summed E-state index contributed by atoms with van der Waals surface area (Å²) >= 11 is 0. The van der Waals surface area contributed by atoms with Crippen LogP contribution in [0.1, 0.15) is 11.1 Å². The number of fused-ring (bicyclic) bond motifs is 1. The van der Waals surface area contributed by atoms with Crippen LogP contribution in [-0.2, 0) is 6.61 Å². The maximum Gasteiger partial charge on any atom is 0.160 e. The lowest BCUT2D eigenvalue weighted by atomic mass is 10.3. The van der Waals surface area contributed by atoms with Gasteiger partial charge in [0.25, 0.3) is 0 Å². The molecule has 2 aromatic rings. The number of hydrogen-bond acceptors (Lipinski definition) is 3. The molecule has 0 spiro atoms. The molecule has 4 nitrogen and oxygen atoms in total. The zero-order valence-electron chi connectivity index (χ0n) is 6.73. The Kier molecular flexibility index (Phi) is 1.55. The number of aliphatic hydroxyl groups is 1. The molecule has 0 amide bonds. The molecule has 0 aliphatic rings. The van der Waals surface area contributed by atoms with Gasteiger partial charge in [-0.25, -0.2) is 9.50 Å². The van der Waals surface area contributed by atoms with E-state index in [1.54, 1.807) is 16.9 Å². The Hall–Kier alpha value is -1.42. The van der Waals surface area contributed by atoms with E-state index >= 15 is 0 Å². The van der Waals surface area contributed by atoms with Gasteiger partial charge in [-0.2, -0.15) is 5.10 Å². The summed E-state index contributed by atoms with van der Waals surface area (Å²) in [5, 5.41) is 12.9. The Morgan fingerprint density at radius 3 is 3.08 bits per heavy atom. The van der Waals surface area contributed by atoms with Crippen molar-refractivity contribution < 1.29 is 5.11 Å². The van der Waals surface area contributed by atoms with Crippen LogP contribution in [-0.4, -0.2) is 19.7 Å². The Bertz CT molecular complexity index is 408. The molecule has 0 bridgehead atoms. The molecule has 0 atom stereocenters. The Morgan fingerprint density at radius 2 is 2.33 bits per heavy atom. The lowest BCUT2D eigenvalue weighted by Gasteiger charge is -1.94. The number of rotatable bonds is 1. The van der Waals surface area contributed by atoms with Gasteiger partial charge in [0.2, 0.25) is 0 Å². The summed E-state index contributed by atoms with van der Waals surface area (Å²) in [6.07, 6.45) is 5.26. The molecular weight excluding hydrogens is 154 g/mol. The topological polar surface area (TPSA) is 50.4 Å². The van der Waals surface area contributed by atoms with Gasteiger partial charge in [-0.3, -0.25) is 0 Å². The van der Waals surface area contributed by atoms with E-state index in [9.17, 15) is 0 Å². The monoisotopic (exact) mass is 163 g/mol. The zero-order valence-corrected chi connectivity index (χ0v) is 6.73. The molecule has 0 saturated carbocycles. The first-order valence-corrected chi connectivity index (χ1v) is 3.71. The molecule has 0 fully saturated rings. The van der Waals surface area contributed by atoms with Crippen molar-refractivity contribution in [1.29, 1.82) is 0 Å². The lowest BCUT2D eigenvalue weighted by molar-refractivity contribution is 0.283. The quantitative estimate of drug-likeness (QED) is 0.667. The second kappa shape index (κ2) is 2.57. The Balaban J connectivity index is 2.73. The van der Waals surface area contributed by atoms with Crippen LogP contribution in [0.25, 0.3) is 5.65 Å². The van der Waals surface area contributed by atoms with Crippen LogP contribution >= 0.6 is 0 Å². The molecule has 0 radical (unpaired) electrons. The van der Waals surface area contributed by atoms with Crippen LogP contribution in [0, 0.1) is 6.92 Å². The van der Waals surface area contributed by atoms with Gasteiger partial charge in [-0.1, -0.05) is 0 Å². The van der Waals surface area contributed by atoms with Crippen molar-refractivity contribution in [2.24, 2.45) is 0 Å². The van der Waals surface area contributed by atoms with Crippen LogP contribution in [0.2, 0.25) is 0 Å². The van der Waals surface area contributed by atoms with Gasteiger partial charge in [0.15, 0.2) is 5.65 Å². The van der Waals surface area contributed by atoms with E-state index < -0.39 is 0 Å². The van der Waals surface area contributed by atoms with Gasteiger partial charge in [0.1, 0.15) is 0 Å². The molecule has 1 N–H and O–H groups in total. The lowest BCUT2D eigenvalue weighted by Crippen LogP contribution is -1.92. The fourth-order valence-electron chi connectivity index (χ4n) is 1.13. The van der Waals surface area contributed by atoms with E-state index in [0.717, 1.165) is 16.8 Å². The highest BCUT2D eigenvalue weighted by Crippen LogP contribution is 2.07. The summed E-state index contributed by atoms with van der Waals surface area (Å²) in [5.74, 6) is 0. The second-order valence-corrected chi connectivity index (χ2v) is 2.73. The molecular formula is C8H9N3O. The van der Waals surface area contributed by atoms with Crippen molar-refractivity contribution in [3.8, 4) is 0 Å². The van der Waals surface area contributed by atoms with Crippen LogP contribution in [0.15, 0.2) is 18.6 Å². The highest BCUT2D eigenvalue weighted by Gasteiger charge is 2.02. The van der Waals surface area contributed by atoms with Gasteiger partial charge in [-0.05, 0) is 12.5 Å². The first-order valence-electron chi connectivity index (χ1n) is 3.71. The van der Waals surface area contributed by atoms with E-state index in [2.05, 4.69) is 10.1 Å². The number of aryl methyl sites for hydroxylation is 1. The SMILES string of the molecule is Cc1cnc2c(CO)cnn2c1. The molecule has 0 saturated heterocycles. The van der Waals surface area contributed by atoms with Crippen LogP contribution < -0.4 is 0 Å². The fourth-order valence-corrected chi connectivity index (χ4v) is 1.13. The Labute approximate surface area is 69.5 Å². The third-order valence-electron chi connectivity index (χ3n) is 1.73. The Morgan fingerprint density at radius 1 is 1.50 bits per heavy atom. The van der Waals surface area contributed by atoms with Crippen LogP contribution in [0.3, 0.4) is 0 Å². The highest BCUT2D eigenvalue weighted by atomic mass is 16.3. The van der Waals surface area contributed by atoms with Gasteiger partial charge >= 0.3 is 0 Å². The number of aromatic nitrogens is 3. The van der Waals surface area contributed by atoms with E-state index in [1.807, 2.05) is 13.1 Å². The fraction of sp³-hybridized carbons (Fsp3) is 0.250. The molecule has 62 valence electrons. The smallest absolute Gasteiger partial charge is 0.160 e. The van der Waals surface area contributed by atoms with E-state index in [0.29, 0.717) is 0 Å². The second-order valence-electron chi connectivity index (χ2n) is 2.73. The maximum atomic E-state index is 8.90. The third kappa shape index (κ3) is 0.967. The van der Waals surface area contributed by atoms with Gasteiger partial charge in [-0.15, -0.1) is 0 Å². The zero-order chi connectivity index (χ0) is 8.55. The normalized spacial score (nSPS) is 10.8. The minimum absolute atomic E-state index is 0.0143. The molecule has 0 aromatic carbocycles. The number of aliphatic hydroxyl groups excluding tert-OH is 1.